The molecule has 3 rings (SSSR count). The predicted molar refractivity (Wildman–Crippen MR) is 95.2 cm³/mol. The quantitative estimate of drug-likeness (QED) is 0.917. The van der Waals surface area contributed by atoms with Crippen LogP contribution in [0, 0.1) is 0 Å². The van der Waals surface area contributed by atoms with Gasteiger partial charge in [-0.3, -0.25) is 0 Å². The van der Waals surface area contributed by atoms with Gasteiger partial charge in [-0.1, -0.05) is 35.3 Å². The summed E-state index contributed by atoms with van der Waals surface area (Å²) in [6.07, 6.45) is 0. The lowest BCUT2D eigenvalue weighted by molar-refractivity contribution is 0.679. The first-order chi connectivity index (χ1) is 10.5. The van der Waals surface area contributed by atoms with Crippen molar-refractivity contribution in [2.45, 2.75) is 12.6 Å². The molecule has 0 saturated heterocycles. The number of anilines is 2. The molecule has 5 heteroatoms. The highest BCUT2D eigenvalue weighted by Gasteiger charge is 2.31. The smallest absolute Gasteiger partial charge is 0.0672 e. The molecule has 3 nitrogen and oxygen atoms in total. The zero-order chi connectivity index (χ0) is 15.9. The highest BCUT2D eigenvalue weighted by Crippen LogP contribution is 2.42. The largest absolute Gasteiger partial charge is 0.378 e. The summed E-state index contributed by atoms with van der Waals surface area (Å²) in [6, 6.07) is 12.5. The second-order valence-corrected chi connectivity index (χ2v) is 6.51. The third-order valence-electron chi connectivity index (χ3n) is 4.20. The molecule has 2 N–H and O–H groups in total. The van der Waals surface area contributed by atoms with Gasteiger partial charge in [-0.2, -0.15) is 0 Å². The van der Waals surface area contributed by atoms with E-state index in [0.29, 0.717) is 16.6 Å². The Balaban J connectivity index is 2.03. The lowest BCUT2D eigenvalue weighted by atomic mass is 10.0. The SMILES string of the molecule is CN(C)c1cccc(N2Cc3c(ccc(Cl)c3Cl)C2CN)c1. The van der Waals surface area contributed by atoms with Crippen molar-refractivity contribution in [2.75, 3.05) is 30.4 Å². The van der Waals surface area contributed by atoms with Crippen LogP contribution in [0.2, 0.25) is 10.0 Å². The van der Waals surface area contributed by atoms with Gasteiger partial charge < -0.3 is 15.5 Å². The summed E-state index contributed by atoms with van der Waals surface area (Å²) in [5.41, 5.74) is 10.6. The van der Waals surface area contributed by atoms with E-state index in [2.05, 4.69) is 34.1 Å². The van der Waals surface area contributed by atoms with Gasteiger partial charge in [0, 0.05) is 38.6 Å². The maximum absolute atomic E-state index is 6.39. The van der Waals surface area contributed by atoms with Crippen LogP contribution in [0.4, 0.5) is 11.4 Å². The van der Waals surface area contributed by atoms with Gasteiger partial charge >= 0.3 is 0 Å². The Morgan fingerprint density at radius 1 is 1.23 bits per heavy atom. The number of nitrogens with two attached hydrogens (primary N) is 1. The highest BCUT2D eigenvalue weighted by atomic mass is 35.5. The van der Waals surface area contributed by atoms with E-state index in [9.17, 15) is 0 Å². The van der Waals surface area contributed by atoms with Gasteiger partial charge in [0.05, 0.1) is 16.1 Å². The van der Waals surface area contributed by atoms with Crippen LogP contribution < -0.4 is 15.5 Å². The van der Waals surface area contributed by atoms with Gasteiger partial charge in [0.25, 0.3) is 0 Å². The molecule has 1 unspecified atom stereocenters. The van der Waals surface area contributed by atoms with Crippen LogP contribution in [-0.4, -0.2) is 20.6 Å². The molecule has 1 aliphatic heterocycles. The highest BCUT2D eigenvalue weighted by molar-refractivity contribution is 6.42. The van der Waals surface area contributed by atoms with Crippen molar-refractivity contribution in [1.29, 1.82) is 0 Å². The summed E-state index contributed by atoms with van der Waals surface area (Å²) >= 11 is 12.5. The van der Waals surface area contributed by atoms with Gasteiger partial charge in [-0.25, -0.2) is 0 Å². The molecule has 1 aliphatic rings. The van der Waals surface area contributed by atoms with E-state index in [-0.39, 0.29) is 6.04 Å². The van der Waals surface area contributed by atoms with Crippen LogP contribution in [0.5, 0.6) is 0 Å². The van der Waals surface area contributed by atoms with E-state index in [1.165, 1.54) is 5.56 Å². The molecule has 1 heterocycles. The number of rotatable bonds is 3. The normalized spacial score (nSPS) is 16.8. The topological polar surface area (TPSA) is 32.5 Å². The first kappa shape index (κ1) is 15.5. The maximum Gasteiger partial charge on any atom is 0.0672 e. The molecule has 0 bridgehead atoms. The standard InChI is InChI=1S/C17H19Cl2N3/c1-21(2)11-4-3-5-12(8-11)22-10-14-13(16(22)9-20)6-7-15(18)17(14)19/h3-8,16H,9-10,20H2,1-2H3. The van der Waals surface area contributed by atoms with E-state index < -0.39 is 0 Å². The molecule has 2 aromatic carbocycles. The minimum absolute atomic E-state index is 0.127. The summed E-state index contributed by atoms with van der Waals surface area (Å²) in [7, 11) is 4.07. The molecule has 1 atom stereocenters. The molecule has 0 amide bonds. The van der Waals surface area contributed by atoms with Crippen molar-refractivity contribution in [3.8, 4) is 0 Å². The predicted octanol–water partition coefficient (Wildman–Crippen LogP) is 4.08. The van der Waals surface area contributed by atoms with Gasteiger partial charge in [-0.05, 0) is 35.4 Å². The Morgan fingerprint density at radius 2 is 2.00 bits per heavy atom. The number of halogens is 2. The van der Waals surface area contributed by atoms with Crippen molar-refractivity contribution in [3.05, 3.63) is 57.6 Å². The number of hydrogen-bond donors (Lipinski definition) is 1. The molecular weight excluding hydrogens is 317 g/mol. The molecular formula is C17H19Cl2N3. The van der Waals surface area contributed by atoms with Crippen LogP contribution in [0.15, 0.2) is 36.4 Å². The second-order valence-electron chi connectivity index (χ2n) is 5.72. The maximum atomic E-state index is 6.39. The average molecular weight is 336 g/mol. The molecule has 0 saturated carbocycles. The molecule has 0 fully saturated rings. The Hall–Kier alpha value is -1.42. The lowest BCUT2D eigenvalue weighted by Gasteiger charge is -2.27. The monoisotopic (exact) mass is 335 g/mol. The Labute approximate surface area is 141 Å². The van der Waals surface area contributed by atoms with Crippen molar-refractivity contribution >= 4 is 34.6 Å². The lowest BCUT2D eigenvalue weighted by Crippen LogP contribution is -2.27. The van der Waals surface area contributed by atoms with Crippen LogP contribution >= 0.6 is 23.2 Å². The fourth-order valence-corrected chi connectivity index (χ4v) is 3.41. The number of fused-ring (bicyclic) bond motifs is 1. The summed E-state index contributed by atoms with van der Waals surface area (Å²) < 4.78 is 0. The van der Waals surface area contributed by atoms with Crippen LogP contribution in [0.25, 0.3) is 0 Å². The average Bonchev–Trinajstić information content (AvgIpc) is 2.90. The summed E-state index contributed by atoms with van der Waals surface area (Å²) in [4.78, 5) is 4.38. The fraction of sp³-hybridized carbons (Fsp3) is 0.294. The van der Waals surface area contributed by atoms with Crippen molar-refractivity contribution < 1.29 is 0 Å². The van der Waals surface area contributed by atoms with Gasteiger partial charge in [0.2, 0.25) is 0 Å². The molecule has 0 radical (unpaired) electrons. The Bertz CT molecular complexity index is 700. The van der Waals surface area contributed by atoms with Crippen LogP contribution in [-0.2, 0) is 6.54 Å². The van der Waals surface area contributed by atoms with Crippen molar-refractivity contribution in [3.63, 3.8) is 0 Å². The van der Waals surface area contributed by atoms with Gasteiger partial charge in [0.15, 0.2) is 0 Å². The molecule has 0 aromatic heterocycles. The Kier molecular flexibility index (Phi) is 4.22. The molecule has 116 valence electrons. The van der Waals surface area contributed by atoms with E-state index in [0.717, 1.165) is 23.5 Å². The van der Waals surface area contributed by atoms with E-state index >= 15 is 0 Å². The van der Waals surface area contributed by atoms with Crippen LogP contribution in [0.1, 0.15) is 17.2 Å². The zero-order valence-electron chi connectivity index (χ0n) is 12.7. The Morgan fingerprint density at radius 3 is 2.68 bits per heavy atom. The van der Waals surface area contributed by atoms with Crippen molar-refractivity contribution in [1.82, 2.24) is 0 Å². The first-order valence-corrected chi connectivity index (χ1v) is 7.99. The van der Waals surface area contributed by atoms with Gasteiger partial charge in [-0.15, -0.1) is 0 Å². The van der Waals surface area contributed by atoms with Crippen molar-refractivity contribution in [2.24, 2.45) is 5.73 Å². The first-order valence-electron chi connectivity index (χ1n) is 7.23. The summed E-state index contributed by atoms with van der Waals surface area (Å²) in [6.45, 7) is 1.27. The van der Waals surface area contributed by atoms with E-state index in [1.807, 2.05) is 26.2 Å². The van der Waals surface area contributed by atoms with Crippen LogP contribution in [0.3, 0.4) is 0 Å². The minimum Gasteiger partial charge on any atom is -0.378 e. The van der Waals surface area contributed by atoms with Gasteiger partial charge in [0.1, 0.15) is 0 Å². The van der Waals surface area contributed by atoms with E-state index in [1.54, 1.807) is 0 Å². The number of benzene rings is 2. The summed E-state index contributed by atoms with van der Waals surface area (Å²) in [5, 5.41) is 1.24. The fourth-order valence-electron chi connectivity index (χ4n) is 3.00. The second kappa shape index (κ2) is 5.99. The molecule has 22 heavy (non-hydrogen) atoms. The number of hydrogen-bond acceptors (Lipinski definition) is 3. The third kappa shape index (κ3) is 2.54. The minimum atomic E-state index is 0.127. The molecule has 0 aliphatic carbocycles. The molecule has 2 aromatic rings. The number of nitrogens with zero attached hydrogens (tertiary/aromatic N) is 2. The zero-order valence-corrected chi connectivity index (χ0v) is 14.2. The summed E-state index contributed by atoms with van der Waals surface area (Å²) in [5.74, 6) is 0. The third-order valence-corrected chi connectivity index (χ3v) is 5.04. The molecule has 0 spiro atoms. The van der Waals surface area contributed by atoms with E-state index in [4.69, 9.17) is 28.9 Å².